The molecule has 0 spiro atoms. The first-order valence-electron chi connectivity index (χ1n) is 5.10. The van der Waals surface area contributed by atoms with Crippen LogP contribution in [-0.4, -0.2) is 30.6 Å². The van der Waals surface area contributed by atoms with Gasteiger partial charge in [-0.05, 0) is 38.3 Å². The highest BCUT2D eigenvalue weighted by molar-refractivity contribution is 4.89. The Balaban J connectivity index is 2.30. The van der Waals surface area contributed by atoms with E-state index in [4.69, 9.17) is 11.0 Å². The molecule has 0 aliphatic carbocycles. The molecule has 3 nitrogen and oxygen atoms in total. The van der Waals surface area contributed by atoms with Crippen LogP contribution in [-0.2, 0) is 0 Å². The van der Waals surface area contributed by atoms with Crippen LogP contribution in [0.3, 0.4) is 0 Å². The number of likely N-dealkylation sites (tertiary alicyclic amines) is 1. The van der Waals surface area contributed by atoms with Gasteiger partial charge in [-0.1, -0.05) is 6.92 Å². The molecule has 1 saturated heterocycles. The van der Waals surface area contributed by atoms with E-state index in [0.717, 1.165) is 25.6 Å². The predicted octanol–water partition coefficient (Wildman–Crippen LogP) is 0.959. The number of nitriles is 1. The number of nitrogens with zero attached hydrogens (tertiary/aromatic N) is 2. The monoisotopic (exact) mass is 181 g/mol. The summed E-state index contributed by atoms with van der Waals surface area (Å²) in [6, 6.07) is 1.77. The van der Waals surface area contributed by atoms with Crippen LogP contribution < -0.4 is 5.73 Å². The van der Waals surface area contributed by atoms with Gasteiger partial charge in [0.05, 0.1) is 6.07 Å². The topological polar surface area (TPSA) is 53.0 Å². The average molecular weight is 181 g/mol. The van der Waals surface area contributed by atoms with Crippen molar-refractivity contribution in [1.29, 1.82) is 5.26 Å². The molecule has 74 valence electrons. The van der Waals surface area contributed by atoms with Gasteiger partial charge in [0, 0.05) is 6.54 Å². The first-order chi connectivity index (χ1) is 6.22. The fourth-order valence-corrected chi connectivity index (χ4v) is 1.82. The number of hydrogen-bond acceptors (Lipinski definition) is 3. The number of nitrogens with two attached hydrogens (primary N) is 1. The van der Waals surface area contributed by atoms with Crippen LogP contribution in [0.25, 0.3) is 0 Å². The molecule has 1 fully saturated rings. The summed E-state index contributed by atoms with van der Waals surface area (Å²) in [5.74, 6) is 0.836. The van der Waals surface area contributed by atoms with Gasteiger partial charge in [-0.3, -0.25) is 0 Å². The molecule has 0 amide bonds. The van der Waals surface area contributed by atoms with Crippen molar-refractivity contribution in [3.8, 4) is 6.07 Å². The molecule has 1 aliphatic heterocycles. The highest BCUT2D eigenvalue weighted by Gasteiger charge is 2.15. The second kappa shape index (κ2) is 5.21. The Morgan fingerprint density at radius 1 is 1.54 bits per heavy atom. The Labute approximate surface area is 80.5 Å². The molecule has 3 heteroatoms. The summed E-state index contributed by atoms with van der Waals surface area (Å²) in [7, 11) is 0. The highest BCUT2D eigenvalue weighted by atomic mass is 15.1. The maximum absolute atomic E-state index is 8.59. The van der Waals surface area contributed by atoms with Crippen molar-refractivity contribution < 1.29 is 0 Å². The van der Waals surface area contributed by atoms with Crippen LogP contribution in [0.15, 0.2) is 0 Å². The largest absolute Gasteiger partial charge is 0.315 e. The van der Waals surface area contributed by atoms with E-state index in [2.05, 4.69) is 17.9 Å². The van der Waals surface area contributed by atoms with Crippen molar-refractivity contribution in [1.82, 2.24) is 4.90 Å². The molecule has 0 radical (unpaired) electrons. The van der Waals surface area contributed by atoms with Gasteiger partial charge in [0.25, 0.3) is 0 Å². The van der Waals surface area contributed by atoms with E-state index in [9.17, 15) is 0 Å². The summed E-state index contributed by atoms with van der Waals surface area (Å²) in [5, 5.41) is 8.59. The Kier molecular flexibility index (Phi) is 4.20. The van der Waals surface area contributed by atoms with Gasteiger partial charge in [0.1, 0.15) is 6.04 Å². The molecular formula is C10H19N3. The Bertz CT molecular complexity index is 185. The van der Waals surface area contributed by atoms with Gasteiger partial charge in [0.2, 0.25) is 0 Å². The predicted molar refractivity (Wildman–Crippen MR) is 53.0 cm³/mol. The molecule has 1 aliphatic rings. The van der Waals surface area contributed by atoms with Gasteiger partial charge in [-0.2, -0.15) is 5.26 Å². The molecule has 0 bridgehead atoms. The lowest BCUT2D eigenvalue weighted by molar-refractivity contribution is 0.277. The summed E-state index contributed by atoms with van der Waals surface area (Å²) in [6.45, 7) is 5.26. The molecule has 2 unspecified atom stereocenters. The van der Waals surface area contributed by atoms with E-state index in [1.54, 1.807) is 0 Å². The normalized spacial score (nSPS) is 27.6. The molecule has 1 rings (SSSR count). The third-order valence-corrected chi connectivity index (χ3v) is 2.73. The molecule has 0 aromatic carbocycles. The Hall–Kier alpha value is -0.590. The minimum absolute atomic E-state index is 0.312. The standard InChI is InChI=1S/C10H19N3/c1-9-3-2-5-13(6-4-9)8-10(12)7-11/h9-10H,2-6,8,12H2,1H3. The minimum atomic E-state index is -0.312. The van der Waals surface area contributed by atoms with E-state index in [1.807, 2.05) is 0 Å². The van der Waals surface area contributed by atoms with Crippen molar-refractivity contribution in [3.05, 3.63) is 0 Å². The van der Waals surface area contributed by atoms with Gasteiger partial charge >= 0.3 is 0 Å². The van der Waals surface area contributed by atoms with Crippen LogP contribution >= 0.6 is 0 Å². The molecule has 2 atom stereocenters. The van der Waals surface area contributed by atoms with Crippen LogP contribution in [0.5, 0.6) is 0 Å². The highest BCUT2D eigenvalue weighted by Crippen LogP contribution is 2.16. The Morgan fingerprint density at radius 2 is 2.31 bits per heavy atom. The minimum Gasteiger partial charge on any atom is -0.315 e. The van der Waals surface area contributed by atoms with Crippen molar-refractivity contribution >= 4 is 0 Å². The second-order valence-electron chi connectivity index (χ2n) is 4.07. The summed E-state index contributed by atoms with van der Waals surface area (Å²) in [4.78, 5) is 2.32. The SMILES string of the molecule is CC1CCCN(CC(N)C#N)CC1. The lowest BCUT2D eigenvalue weighted by atomic mass is 10.0. The lowest BCUT2D eigenvalue weighted by Gasteiger charge is -2.20. The van der Waals surface area contributed by atoms with E-state index in [1.165, 1.54) is 19.3 Å². The zero-order valence-electron chi connectivity index (χ0n) is 8.37. The van der Waals surface area contributed by atoms with E-state index in [-0.39, 0.29) is 6.04 Å². The van der Waals surface area contributed by atoms with Gasteiger partial charge in [-0.15, -0.1) is 0 Å². The maximum atomic E-state index is 8.59. The summed E-state index contributed by atoms with van der Waals surface area (Å²) in [6.07, 6.45) is 3.82. The maximum Gasteiger partial charge on any atom is 0.106 e. The fraction of sp³-hybridized carbons (Fsp3) is 0.900. The second-order valence-corrected chi connectivity index (χ2v) is 4.07. The zero-order valence-corrected chi connectivity index (χ0v) is 8.37. The Morgan fingerprint density at radius 3 is 3.00 bits per heavy atom. The molecule has 0 aromatic rings. The third kappa shape index (κ3) is 3.75. The van der Waals surface area contributed by atoms with Crippen LogP contribution in [0, 0.1) is 17.2 Å². The zero-order chi connectivity index (χ0) is 9.68. The molecular weight excluding hydrogens is 162 g/mol. The lowest BCUT2D eigenvalue weighted by Crippen LogP contribution is -2.37. The first kappa shape index (κ1) is 10.5. The van der Waals surface area contributed by atoms with Crippen molar-refractivity contribution in [3.63, 3.8) is 0 Å². The summed E-state index contributed by atoms with van der Waals surface area (Å²) < 4.78 is 0. The van der Waals surface area contributed by atoms with Crippen molar-refractivity contribution in [2.75, 3.05) is 19.6 Å². The molecule has 0 saturated carbocycles. The van der Waals surface area contributed by atoms with Crippen LogP contribution in [0.4, 0.5) is 0 Å². The van der Waals surface area contributed by atoms with E-state index in [0.29, 0.717) is 0 Å². The average Bonchev–Trinajstić information content (AvgIpc) is 2.31. The molecule has 1 heterocycles. The number of hydrogen-bond donors (Lipinski definition) is 1. The van der Waals surface area contributed by atoms with Gasteiger partial charge in [0.15, 0.2) is 0 Å². The van der Waals surface area contributed by atoms with Crippen molar-refractivity contribution in [2.24, 2.45) is 11.7 Å². The molecule has 13 heavy (non-hydrogen) atoms. The van der Waals surface area contributed by atoms with Crippen molar-refractivity contribution in [2.45, 2.75) is 32.2 Å². The first-order valence-corrected chi connectivity index (χ1v) is 5.10. The quantitative estimate of drug-likeness (QED) is 0.690. The van der Waals surface area contributed by atoms with E-state index >= 15 is 0 Å². The smallest absolute Gasteiger partial charge is 0.106 e. The summed E-state index contributed by atoms with van der Waals surface area (Å²) in [5.41, 5.74) is 5.59. The van der Waals surface area contributed by atoms with Crippen LogP contribution in [0.2, 0.25) is 0 Å². The fourth-order valence-electron chi connectivity index (χ4n) is 1.82. The van der Waals surface area contributed by atoms with E-state index < -0.39 is 0 Å². The molecule has 2 N–H and O–H groups in total. The van der Waals surface area contributed by atoms with Gasteiger partial charge < -0.3 is 10.6 Å². The molecule has 0 aromatic heterocycles. The van der Waals surface area contributed by atoms with Gasteiger partial charge in [-0.25, -0.2) is 0 Å². The summed E-state index contributed by atoms with van der Waals surface area (Å²) >= 11 is 0. The number of rotatable bonds is 2. The third-order valence-electron chi connectivity index (χ3n) is 2.73. The van der Waals surface area contributed by atoms with Crippen LogP contribution in [0.1, 0.15) is 26.2 Å².